The second kappa shape index (κ2) is 8.65. The van der Waals surface area contributed by atoms with Crippen LogP contribution < -0.4 is 10.6 Å². The van der Waals surface area contributed by atoms with E-state index in [1.165, 1.54) is 6.07 Å². The number of nitrogens with one attached hydrogen (secondary N) is 2. The number of nitrogens with zero attached hydrogens (tertiary/aromatic N) is 3. The predicted molar refractivity (Wildman–Crippen MR) is 108 cm³/mol. The van der Waals surface area contributed by atoms with Gasteiger partial charge in [0.2, 0.25) is 5.95 Å². The number of alkyl halides is 3. The van der Waals surface area contributed by atoms with Crippen LogP contribution in [-0.2, 0) is 6.18 Å². The molecule has 9 heteroatoms. The SMILES string of the molecule is CN(C)CCCNc1nc(Nc2ccc(Br)c(C(F)(F)F)c2)cc(C2CC2)n1. The Morgan fingerprint density at radius 2 is 1.93 bits per heavy atom. The number of aromatic nitrogens is 2. The molecule has 0 bridgehead atoms. The monoisotopic (exact) mass is 457 g/mol. The molecule has 1 aliphatic rings. The van der Waals surface area contributed by atoms with E-state index >= 15 is 0 Å². The lowest BCUT2D eigenvalue weighted by Crippen LogP contribution is -2.17. The second-order valence-corrected chi connectivity index (χ2v) is 8.03. The highest BCUT2D eigenvalue weighted by Gasteiger charge is 2.33. The zero-order chi connectivity index (χ0) is 20.3. The molecular formula is C19H23BrF3N5. The minimum Gasteiger partial charge on any atom is -0.354 e. The number of halogens is 4. The fourth-order valence-corrected chi connectivity index (χ4v) is 3.23. The van der Waals surface area contributed by atoms with Crippen molar-refractivity contribution in [2.75, 3.05) is 37.8 Å². The van der Waals surface area contributed by atoms with Crippen LogP contribution in [0.15, 0.2) is 28.7 Å². The first-order valence-electron chi connectivity index (χ1n) is 9.14. The molecule has 0 atom stereocenters. The van der Waals surface area contributed by atoms with E-state index in [2.05, 4.69) is 41.4 Å². The topological polar surface area (TPSA) is 53.1 Å². The van der Waals surface area contributed by atoms with Gasteiger partial charge in [-0.2, -0.15) is 18.2 Å². The van der Waals surface area contributed by atoms with Gasteiger partial charge in [-0.3, -0.25) is 0 Å². The van der Waals surface area contributed by atoms with Crippen molar-refractivity contribution in [1.82, 2.24) is 14.9 Å². The largest absolute Gasteiger partial charge is 0.417 e. The Balaban J connectivity index is 1.77. The molecule has 152 valence electrons. The molecule has 1 saturated carbocycles. The Labute approximate surface area is 170 Å². The van der Waals surface area contributed by atoms with Crippen molar-refractivity contribution in [2.24, 2.45) is 0 Å². The molecule has 1 heterocycles. The minimum atomic E-state index is -4.43. The van der Waals surface area contributed by atoms with E-state index < -0.39 is 11.7 Å². The van der Waals surface area contributed by atoms with Gasteiger partial charge in [0.15, 0.2) is 0 Å². The molecule has 0 saturated heterocycles. The standard InChI is InChI=1S/C19H23BrF3N5/c1-28(2)9-3-8-24-18-26-16(12-4-5-12)11-17(27-18)25-13-6-7-15(20)14(10-13)19(21,22)23/h6-7,10-12H,3-5,8-9H2,1-2H3,(H2,24,25,26,27). The number of benzene rings is 1. The van der Waals surface area contributed by atoms with E-state index in [4.69, 9.17) is 0 Å². The highest BCUT2D eigenvalue weighted by molar-refractivity contribution is 9.10. The number of hydrogen-bond donors (Lipinski definition) is 2. The maximum atomic E-state index is 13.1. The summed E-state index contributed by atoms with van der Waals surface area (Å²) < 4.78 is 39.4. The van der Waals surface area contributed by atoms with Crippen LogP contribution in [0.25, 0.3) is 0 Å². The van der Waals surface area contributed by atoms with Crippen LogP contribution in [0.2, 0.25) is 0 Å². The summed E-state index contributed by atoms with van der Waals surface area (Å²) in [5.74, 6) is 1.39. The highest BCUT2D eigenvalue weighted by Crippen LogP contribution is 2.40. The van der Waals surface area contributed by atoms with Crippen molar-refractivity contribution in [3.63, 3.8) is 0 Å². The van der Waals surface area contributed by atoms with E-state index in [1.807, 2.05) is 20.2 Å². The third-order valence-corrected chi connectivity index (χ3v) is 5.04. The average Bonchev–Trinajstić information content (AvgIpc) is 3.44. The van der Waals surface area contributed by atoms with Gasteiger partial charge in [-0.1, -0.05) is 15.9 Å². The normalized spacial score (nSPS) is 14.4. The first kappa shape index (κ1) is 20.9. The summed E-state index contributed by atoms with van der Waals surface area (Å²) in [6.07, 6.45) is -1.34. The van der Waals surface area contributed by atoms with Gasteiger partial charge < -0.3 is 15.5 Å². The van der Waals surface area contributed by atoms with Crippen molar-refractivity contribution < 1.29 is 13.2 Å². The quantitative estimate of drug-likeness (QED) is 0.530. The molecule has 5 nitrogen and oxygen atoms in total. The van der Waals surface area contributed by atoms with E-state index in [-0.39, 0.29) is 4.47 Å². The first-order valence-corrected chi connectivity index (χ1v) is 9.93. The van der Waals surface area contributed by atoms with E-state index in [9.17, 15) is 13.2 Å². The summed E-state index contributed by atoms with van der Waals surface area (Å²) in [5, 5.41) is 6.21. The van der Waals surface area contributed by atoms with Crippen LogP contribution in [0.5, 0.6) is 0 Å². The minimum absolute atomic E-state index is 0.00940. The summed E-state index contributed by atoms with van der Waals surface area (Å²) >= 11 is 2.96. The zero-order valence-corrected chi connectivity index (χ0v) is 17.4. The molecule has 3 rings (SSSR count). The molecule has 0 spiro atoms. The van der Waals surface area contributed by atoms with Gasteiger partial charge in [0.1, 0.15) is 5.82 Å². The van der Waals surface area contributed by atoms with Crippen molar-refractivity contribution in [3.8, 4) is 0 Å². The van der Waals surface area contributed by atoms with Crippen molar-refractivity contribution in [3.05, 3.63) is 40.0 Å². The van der Waals surface area contributed by atoms with Gasteiger partial charge in [-0.05, 0) is 58.1 Å². The zero-order valence-electron chi connectivity index (χ0n) is 15.8. The van der Waals surface area contributed by atoms with Gasteiger partial charge in [-0.25, -0.2) is 4.98 Å². The van der Waals surface area contributed by atoms with E-state index in [1.54, 1.807) is 6.07 Å². The van der Waals surface area contributed by atoms with Gasteiger partial charge in [0.25, 0.3) is 0 Å². The molecule has 2 N–H and O–H groups in total. The summed E-state index contributed by atoms with van der Waals surface area (Å²) in [4.78, 5) is 11.1. The molecule has 0 amide bonds. The van der Waals surface area contributed by atoms with Gasteiger partial charge in [0.05, 0.1) is 11.3 Å². The first-order chi connectivity index (χ1) is 13.2. The number of anilines is 3. The lowest BCUT2D eigenvalue weighted by atomic mass is 10.2. The Bertz CT molecular complexity index is 822. The number of rotatable bonds is 8. The Kier molecular flexibility index (Phi) is 6.44. The second-order valence-electron chi connectivity index (χ2n) is 7.18. The van der Waals surface area contributed by atoms with Gasteiger partial charge in [0, 0.05) is 28.7 Å². The van der Waals surface area contributed by atoms with Crippen LogP contribution >= 0.6 is 15.9 Å². The van der Waals surface area contributed by atoms with E-state index in [0.717, 1.165) is 44.1 Å². The summed E-state index contributed by atoms with van der Waals surface area (Å²) in [6, 6.07) is 5.86. The Hall–Kier alpha value is -1.87. The van der Waals surface area contributed by atoms with Crippen LogP contribution in [0.1, 0.15) is 36.4 Å². The maximum Gasteiger partial charge on any atom is 0.417 e. The van der Waals surface area contributed by atoms with Gasteiger partial charge >= 0.3 is 6.18 Å². The molecule has 1 aromatic heterocycles. The molecule has 0 radical (unpaired) electrons. The molecule has 1 aromatic carbocycles. The maximum absolute atomic E-state index is 13.1. The summed E-state index contributed by atoms with van der Waals surface area (Å²) in [7, 11) is 4.03. The lowest BCUT2D eigenvalue weighted by molar-refractivity contribution is -0.138. The molecular weight excluding hydrogens is 435 g/mol. The van der Waals surface area contributed by atoms with Crippen LogP contribution in [0.3, 0.4) is 0 Å². The molecule has 2 aromatic rings. The van der Waals surface area contributed by atoms with Crippen LogP contribution in [-0.4, -0.2) is 42.1 Å². The van der Waals surface area contributed by atoms with Crippen molar-refractivity contribution in [1.29, 1.82) is 0 Å². The Morgan fingerprint density at radius 1 is 1.18 bits per heavy atom. The molecule has 0 unspecified atom stereocenters. The fourth-order valence-electron chi connectivity index (χ4n) is 2.76. The molecule has 0 aliphatic heterocycles. The molecule has 1 aliphatic carbocycles. The van der Waals surface area contributed by atoms with Gasteiger partial charge in [-0.15, -0.1) is 0 Å². The van der Waals surface area contributed by atoms with E-state index in [0.29, 0.717) is 23.4 Å². The van der Waals surface area contributed by atoms with Crippen molar-refractivity contribution >= 4 is 33.4 Å². The van der Waals surface area contributed by atoms with Crippen LogP contribution in [0.4, 0.5) is 30.6 Å². The summed E-state index contributed by atoms with van der Waals surface area (Å²) in [5.41, 5.74) is 0.520. The van der Waals surface area contributed by atoms with Crippen molar-refractivity contribution in [2.45, 2.75) is 31.4 Å². The number of hydrogen-bond acceptors (Lipinski definition) is 5. The Morgan fingerprint density at radius 3 is 2.57 bits per heavy atom. The highest BCUT2D eigenvalue weighted by atomic mass is 79.9. The summed E-state index contributed by atoms with van der Waals surface area (Å²) in [6.45, 7) is 1.67. The fraction of sp³-hybridized carbons (Fsp3) is 0.474. The smallest absolute Gasteiger partial charge is 0.354 e. The van der Waals surface area contributed by atoms with Crippen LogP contribution in [0, 0.1) is 0 Å². The third kappa shape index (κ3) is 5.81. The lowest BCUT2D eigenvalue weighted by Gasteiger charge is -2.14. The molecule has 1 fully saturated rings. The molecule has 28 heavy (non-hydrogen) atoms. The average molecular weight is 458 g/mol. The predicted octanol–water partition coefficient (Wildman–Crippen LogP) is 5.24. The third-order valence-electron chi connectivity index (χ3n) is 4.35.